The molecule has 1 atom stereocenters. The number of aliphatic hydroxyl groups is 1. The molecule has 0 aliphatic carbocycles. The van der Waals surface area contributed by atoms with Crippen LogP contribution in [-0.4, -0.2) is 31.4 Å². The van der Waals surface area contributed by atoms with Crippen molar-refractivity contribution in [3.8, 4) is 0 Å². The number of aliphatic hydroxyl groups excluding tert-OH is 1. The fourth-order valence-electron chi connectivity index (χ4n) is 1.91. The minimum absolute atomic E-state index is 0.0527. The lowest BCUT2D eigenvalue weighted by Crippen LogP contribution is -2.10. The highest BCUT2D eigenvalue weighted by molar-refractivity contribution is 5.73. The molecule has 0 radical (unpaired) electrons. The lowest BCUT2D eigenvalue weighted by molar-refractivity contribution is -0.146. The number of cyclic esters (lactones) is 1. The van der Waals surface area contributed by atoms with Gasteiger partial charge < -0.3 is 19.3 Å². The van der Waals surface area contributed by atoms with Crippen molar-refractivity contribution >= 4 is 5.97 Å². The monoisotopic (exact) mass is 268 g/mol. The quantitative estimate of drug-likeness (QED) is 0.482. The second kappa shape index (κ2) is 6.87. The fourth-order valence-corrected chi connectivity index (χ4v) is 1.91. The van der Waals surface area contributed by atoms with Crippen molar-refractivity contribution in [3.63, 3.8) is 0 Å². The molecule has 1 aliphatic rings. The Balaban J connectivity index is 3.15. The zero-order chi connectivity index (χ0) is 14.4. The summed E-state index contributed by atoms with van der Waals surface area (Å²) in [6.45, 7) is 5.41. The zero-order valence-corrected chi connectivity index (χ0v) is 11.6. The Morgan fingerprint density at radius 1 is 1.47 bits per heavy atom. The number of rotatable bonds is 4. The summed E-state index contributed by atoms with van der Waals surface area (Å²) in [4.78, 5) is 11.6. The van der Waals surface area contributed by atoms with Gasteiger partial charge in [-0.3, -0.25) is 4.79 Å². The Morgan fingerprint density at radius 3 is 2.68 bits per heavy atom. The first-order valence-corrected chi connectivity index (χ1v) is 6.09. The normalized spacial score (nSPS) is 23.7. The zero-order valence-electron chi connectivity index (χ0n) is 11.6. The first-order valence-electron chi connectivity index (χ1n) is 6.09. The smallest absolute Gasteiger partial charge is 0.310 e. The van der Waals surface area contributed by atoms with Crippen molar-refractivity contribution < 1.29 is 24.1 Å². The molecule has 0 amide bonds. The number of methoxy groups -OCH3 is 2. The van der Waals surface area contributed by atoms with Crippen LogP contribution in [-0.2, 0) is 19.0 Å². The number of carbonyl (C=O) groups is 1. The van der Waals surface area contributed by atoms with Gasteiger partial charge >= 0.3 is 5.97 Å². The van der Waals surface area contributed by atoms with Gasteiger partial charge in [-0.25, -0.2) is 0 Å². The minimum Gasteiger partial charge on any atom is -0.504 e. The van der Waals surface area contributed by atoms with Crippen LogP contribution in [0.15, 0.2) is 35.5 Å². The Morgan fingerprint density at radius 2 is 2.16 bits per heavy atom. The molecule has 0 aromatic carbocycles. The van der Waals surface area contributed by atoms with Crippen molar-refractivity contribution in [1.29, 1.82) is 0 Å². The second-order valence-electron chi connectivity index (χ2n) is 4.27. The Kier molecular flexibility index (Phi) is 5.48. The van der Waals surface area contributed by atoms with Gasteiger partial charge in [0, 0.05) is 0 Å². The van der Waals surface area contributed by atoms with Gasteiger partial charge in [-0.1, -0.05) is 6.58 Å². The third kappa shape index (κ3) is 3.77. The maximum Gasteiger partial charge on any atom is 0.310 e. The molecule has 1 unspecified atom stereocenters. The van der Waals surface area contributed by atoms with Crippen molar-refractivity contribution in [1.82, 2.24) is 0 Å². The standard InChI is InChI=1S/C14H20O5/c1-5-11(17-3)14(18-4)13(16)10-7-6-9(2)19-12(15)8-10/h5,9,16H,1,6-8H2,2-4H3/b13-10-,14-11-. The molecule has 0 saturated carbocycles. The predicted octanol–water partition coefficient (Wildman–Crippen LogP) is 2.60. The van der Waals surface area contributed by atoms with Gasteiger partial charge in [0.05, 0.1) is 26.7 Å². The maximum absolute atomic E-state index is 11.6. The number of ether oxygens (including phenoxy) is 3. The van der Waals surface area contributed by atoms with E-state index in [1.165, 1.54) is 20.3 Å². The molecule has 106 valence electrons. The molecule has 0 aromatic rings. The molecule has 1 aliphatic heterocycles. The summed E-state index contributed by atoms with van der Waals surface area (Å²) >= 11 is 0. The summed E-state index contributed by atoms with van der Waals surface area (Å²) < 4.78 is 15.3. The number of allylic oxidation sites excluding steroid dienone is 1. The second-order valence-corrected chi connectivity index (χ2v) is 4.27. The highest BCUT2D eigenvalue weighted by Crippen LogP contribution is 2.27. The third-order valence-corrected chi connectivity index (χ3v) is 2.93. The number of carbonyl (C=O) groups excluding carboxylic acids is 1. The third-order valence-electron chi connectivity index (χ3n) is 2.93. The Hall–Kier alpha value is -1.91. The fraction of sp³-hybridized carbons (Fsp3) is 0.500. The maximum atomic E-state index is 11.6. The molecule has 1 saturated heterocycles. The summed E-state index contributed by atoms with van der Waals surface area (Å²) in [6.07, 6.45) is 2.58. The van der Waals surface area contributed by atoms with E-state index >= 15 is 0 Å². The lowest BCUT2D eigenvalue weighted by Gasteiger charge is -2.12. The molecular weight excluding hydrogens is 248 g/mol. The topological polar surface area (TPSA) is 65.0 Å². The molecule has 0 spiro atoms. The van der Waals surface area contributed by atoms with Gasteiger partial charge in [-0.05, 0) is 31.4 Å². The van der Waals surface area contributed by atoms with Crippen molar-refractivity contribution in [2.45, 2.75) is 32.3 Å². The SMILES string of the molecule is C=C/C(OC)=C(OC)\C(O)=C1/CCC(C)OC(=O)C1. The summed E-state index contributed by atoms with van der Waals surface area (Å²) in [5.41, 5.74) is 0.586. The van der Waals surface area contributed by atoms with Crippen molar-refractivity contribution in [2.75, 3.05) is 14.2 Å². The molecule has 1 fully saturated rings. The number of hydrogen-bond acceptors (Lipinski definition) is 5. The van der Waals surface area contributed by atoms with E-state index in [0.29, 0.717) is 24.2 Å². The van der Waals surface area contributed by atoms with Crippen LogP contribution in [0.3, 0.4) is 0 Å². The van der Waals surface area contributed by atoms with E-state index in [2.05, 4.69) is 6.58 Å². The van der Waals surface area contributed by atoms with Gasteiger partial charge in [-0.2, -0.15) is 0 Å². The van der Waals surface area contributed by atoms with E-state index in [0.717, 1.165) is 0 Å². The van der Waals surface area contributed by atoms with Crippen LogP contribution < -0.4 is 0 Å². The average molecular weight is 268 g/mol. The van der Waals surface area contributed by atoms with Crippen LogP contribution in [0.25, 0.3) is 0 Å². The van der Waals surface area contributed by atoms with Gasteiger partial charge in [0.25, 0.3) is 0 Å². The highest BCUT2D eigenvalue weighted by Gasteiger charge is 2.23. The van der Waals surface area contributed by atoms with Crippen LogP contribution >= 0.6 is 0 Å². The van der Waals surface area contributed by atoms with E-state index in [1.54, 1.807) is 0 Å². The van der Waals surface area contributed by atoms with Crippen LogP contribution in [0, 0.1) is 0 Å². The highest BCUT2D eigenvalue weighted by atomic mass is 16.5. The van der Waals surface area contributed by atoms with Crippen LogP contribution in [0.5, 0.6) is 0 Å². The number of hydrogen-bond donors (Lipinski definition) is 1. The molecule has 1 N–H and O–H groups in total. The van der Waals surface area contributed by atoms with E-state index in [4.69, 9.17) is 14.2 Å². The largest absolute Gasteiger partial charge is 0.504 e. The van der Waals surface area contributed by atoms with Crippen LogP contribution in [0.1, 0.15) is 26.2 Å². The average Bonchev–Trinajstić information content (AvgIpc) is 2.55. The Labute approximate surface area is 113 Å². The van der Waals surface area contributed by atoms with Gasteiger partial charge in [0.1, 0.15) is 0 Å². The number of esters is 1. The van der Waals surface area contributed by atoms with Gasteiger partial charge in [0.15, 0.2) is 11.5 Å². The molecule has 19 heavy (non-hydrogen) atoms. The molecule has 1 rings (SSSR count). The molecule has 1 heterocycles. The Bertz CT molecular complexity index is 420. The molecule has 0 bridgehead atoms. The van der Waals surface area contributed by atoms with Crippen molar-refractivity contribution in [2.24, 2.45) is 0 Å². The van der Waals surface area contributed by atoms with Gasteiger partial charge in [0.2, 0.25) is 5.76 Å². The molecule has 5 heteroatoms. The first-order chi connectivity index (χ1) is 9.03. The molecule has 0 aromatic heterocycles. The first kappa shape index (κ1) is 15.1. The summed E-state index contributed by atoms with van der Waals surface area (Å²) in [5, 5.41) is 10.3. The summed E-state index contributed by atoms with van der Waals surface area (Å²) in [7, 11) is 2.88. The van der Waals surface area contributed by atoms with E-state index in [-0.39, 0.29) is 30.0 Å². The summed E-state index contributed by atoms with van der Waals surface area (Å²) in [5.74, 6) is 0.0675. The molecular formula is C14H20O5. The van der Waals surface area contributed by atoms with Crippen LogP contribution in [0.4, 0.5) is 0 Å². The minimum atomic E-state index is -0.348. The van der Waals surface area contributed by atoms with Crippen molar-refractivity contribution in [3.05, 3.63) is 35.5 Å². The summed E-state index contributed by atoms with van der Waals surface area (Å²) in [6, 6.07) is 0. The predicted molar refractivity (Wildman–Crippen MR) is 70.3 cm³/mol. The lowest BCUT2D eigenvalue weighted by atomic mass is 10.0. The van der Waals surface area contributed by atoms with E-state index < -0.39 is 0 Å². The van der Waals surface area contributed by atoms with Gasteiger partial charge in [-0.15, -0.1) is 0 Å². The van der Waals surface area contributed by atoms with E-state index in [9.17, 15) is 9.90 Å². The molecule has 5 nitrogen and oxygen atoms in total. The van der Waals surface area contributed by atoms with E-state index in [1.807, 2.05) is 6.92 Å². The van der Waals surface area contributed by atoms with Crippen LogP contribution in [0.2, 0.25) is 0 Å².